The molecule has 1 aromatic rings. The fourth-order valence-electron chi connectivity index (χ4n) is 2.89. The molecule has 1 aliphatic heterocycles. The second kappa shape index (κ2) is 6.42. The monoisotopic (exact) mass is 298 g/mol. The van der Waals surface area contributed by atoms with Crippen molar-refractivity contribution in [3.8, 4) is 0 Å². The van der Waals surface area contributed by atoms with Gasteiger partial charge in [-0.15, -0.1) is 0 Å². The van der Waals surface area contributed by atoms with Crippen LogP contribution in [0.25, 0.3) is 0 Å². The van der Waals surface area contributed by atoms with Crippen molar-refractivity contribution in [2.24, 2.45) is 5.73 Å². The van der Waals surface area contributed by atoms with Gasteiger partial charge in [-0.05, 0) is 70.0 Å². The van der Waals surface area contributed by atoms with Gasteiger partial charge in [0.2, 0.25) is 0 Å². The number of hydrogen-bond donors (Lipinski definition) is 1. The Labute approximate surface area is 126 Å². The van der Waals surface area contributed by atoms with Crippen molar-refractivity contribution in [2.75, 3.05) is 13.1 Å². The third-order valence-electron chi connectivity index (χ3n) is 4.53. The maximum Gasteiger partial charge on any atom is 0.126 e. The van der Waals surface area contributed by atoms with Crippen molar-refractivity contribution in [1.82, 2.24) is 4.90 Å². The molecule has 1 saturated heterocycles. The summed E-state index contributed by atoms with van der Waals surface area (Å²) in [5.41, 5.74) is 6.86. The number of nitrogens with zero attached hydrogens (tertiary/aromatic N) is 1. The van der Waals surface area contributed by atoms with Crippen LogP contribution in [0.15, 0.2) is 18.2 Å². The molecule has 1 aromatic carbocycles. The van der Waals surface area contributed by atoms with Crippen LogP contribution >= 0.6 is 11.6 Å². The van der Waals surface area contributed by atoms with E-state index >= 15 is 0 Å². The summed E-state index contributed by atoms with van der Waals surface area (Å²) in [6.07, 6.45) is 4.25. The van der Waals surface area contributed by atoms with E-state index in [2.05, 4.69) is 18.7 Å². The lowest BCUT2D eigenvalue weighted by molar-refractivity contribution is 0.0729. The molecule has 2 N–H and O–H groups in total. The zero-order valence-electron chi connectivity index (χ0n) is 12.3. The Bertz CT molecular complexity index is 456. The third-order valence-corrected chi connectivity index (χ3v) is 4.76. The van der Waals surface area contributed by atoms with Crippen LogP contribution < -0.4 is 5.73 Å². The molecule has 1 atom stereocenters. The van der Waals surface area contributed by atoms with Crippen molar-refractivity contribution in [1.29, 1.82) is 0 Å². The number of hydrogen-bond acceptors (Lipinski definition) is 2. The van der Waals surface area contributed by atoms with Gasteiger partial charge in [0.25, 0.3) is 0 Å². The fourth-order valence-corrected chi connectivity index (χ4v) is 3.09. The summed E-state index contributed by atoms with van der Waals surface area (Å²) in [7, 11) is 0. The lowest BCUT2D eigenvalue weighted by atomic mass is 9.86. The average Bonchev–Trinajstić information content (AvgIpc) is 2.43. The molecule has 0 saturated carbocycles. The van der Waals surface area contributed by atoms with Crippen molar-refractivity contribution in [3.05, 3.63) is 34.6 Å². The zero-order chi connectivity index (χ0) is 14.8. The Morgan fingerprint density at radius 1 is 1.30 bits per heavy atom. The quantitative estimate of drug-likeness (QED) is 0.920. The lowest BCUT2D eigenvalue weighted by Gasteiger charge is -2.44. The van der Waals surface area contributed by atoms with Crippen LogP contribution in [-0.2, 0) is 6.42 Å². The molecule has 0 bridgehead atoms. The number of benzene rings is 1. The van der Waals surface area contributed by atoms with Gasteiger partial charge in [-0.2, -0.15) is 0 Å². The molecule has 1 heterocycles. The number of halogens is 2. The molecule has 0 radical (unpaired) electrons. The average molecular weight is 299 g/mol. The van der Waals surface area contributed by atoms with Gasteiger partial charge in [-0.1, -0.05) is 18.0 Å². The molecule has 2 nitrogen and oxygen atoms in total. The van der Waals surface area contributed by atoms with E-state index < -0.39 is 0 Å². The van der Waals surface area contributed by atoms with Crippen LogP contribution in [0.2, 0.25) is 5.02 Å². The highest BCUT2D eigenvalue weighted by Gasteiger charge is 2.34. The van der Waals surface area contributed by atoms with E-state index in [1.54, 1.807) is 12.1 Å². The number of rotatable bonds is 4. The first-order valence-corrected chi connectivity index (χ1v) is 7.73. The predicted octanol–water partition coefficient (Wildman–Crippen LogP) is 3.61. The predicted molar refractivity (Wildman–Crippen MR) is 82.6 cm³/mol. The van der Waals surface area contributed by atoms with E-state index in [1.807, 2.05) is 0 Å². The summed E-state index contributed by atoms with van der Waals surface area (Å²) in [4.78, 5) is 2.43. The van der Waals surface area contributed by atoms with Crippen molar-refractivity contribution in [3.63, 3.8) is 0 Å². The van der Waals surface area contributed by atoms with Crippen LogP contribution in [-0.4, -0.2) is 29.6 Å². The largest absolute Gasteiger partial charge is 0.326 e. The molecule has 112 valence electrons. The SMILES string of the molecule is CC(C)(C(N)Cc1cc(Cl)ccc1F)N1CCCCC1. The van der Waals surface area contributed by atoms with Gasteiger partial charge < -0.3 is 5.73 Å². The summed E-state index contributed by atoms with van der Waals surface area (Å²) < 4.78 is 13.8. The maximum absolute atomic E-state index is 13.8. The van der Waals surface area contributed by atoms with Crippen molar-refractivity contribution < 1.29 is 4.39 Å². The highest BCUT2D eigenvalue weighted by atomic mass is 35.5. The smallest absolute Gasteiger partial charge is 0.126 e. The van der Waals surface area contributed by atoms with Crippen LogP contribution in [0.5, 0.6) is 0 Å². The molecular formula is C16H24ClFN2. The van der Waals surface area contributed by atoms with Crippen LogP contribution in [0, 0.1) is 5.82 Å². The molecule has 0 aliphatic carbocycles. The van der Waals surface area contributed by atoms with E-state index in [9.17, 15) is 4.39 Å². The molecule has 1 unspecified atom stereocenters. The molecule has 2 rings (SSSR count). The maximum atomic E-state index is 13.8. The first kappa shape index (κ1) is 15.7. The second-order valence-electron chi connectivity index (χ2n) is 6.25. The van der Waals surface area contributed by atoms with E-state index in [0.717, 1.165) is 13.1 Å². The topological polar surface area (TPSA) is 29.3 Å². The van der Waals surface area contributed by atoms with E-state index in [0.29, 0.717) is 17.0 Å². The molecule has 0 spiro atoms. The minimum absolute atomic E-state index is 0.117. The Kier molecular flexibility index (Phi) is 5.05. The first-order valence-electron chi connectivity index (χ1n) is 7.36. The van der Waals surface area contributed by atoms with Gasteiger partial charge in [0, 0.05) is 16.6 Å². The summed E-state index contributed by atoms with van der Waals surface area (Å²) in [6.45, 7) is 6.48. The van der Waals surface area contributed by atoms with E-state index in [4.69, 9.17) is 17.3 Å². The standard InChI is InChI=1S/C16H24ClFN2/c1-16(2,20-8-4-3-5-9-20)15(19)11-12-10-13(17)6-7-14(12)18/h6-7,10,15H,3-5,8-9,11,19H2,1-2H3. The second-order valence-corrected chi connectivity index (χ2v) is 6.68. The third kappa shape index (κ3) is 3.51. The highest BCUT2D eigenvalue weighted by molar-refractivity contribution is 6.30. The normalized spacial score (nSPS) is 19.1. The number of likely N-dealkylation sites (tertiary alicyclic amines) is 1. The van der Waals surface area contributed by atoms with Gasteiger partial charge in [0.1, 0.15) is 5.82 Å². The summed E-state index contributed by atoms with van der Waals surface area (Å²) in [5, 5.41) is 0.560. The fraction of sp³-hybridized carbons (Fsp3) is 0.625. The van der Waals surface area contributed by atoms with Gasteiger partial charge in [0.15, 0.2) is 0 Å². The van der Waals surface area contributed by atoms with Crippen LogP contribution in [0.1, 0.15) is 38.7 Å². The highest BCUT2D eigenvalue weighted by Crippen LogP contribution is 2.26. The van der Waals surface area contributed by atoms with Gasteiger partial charge in [-0.3, -0.25) is 4.90 Å². The summed E-state index contributed by atoms with van der Waals surface area (Å²) >= 11 is 5.95. The molecule has 1 fully saturated rings. The van der Waals surface area contributed by atoms with Gasteiger partial charge >= 0.3 is 0 Å². The lowest BCUT2D eigenvalue weighted by Crippen LogP contribution is -2.58. The zero-order valence-corrected chi connectivity index (χ0v) is 13.1. The Balaban J connectivity index is 2.09. The van der Waals surface area contributed by atoms with Crippen molar-refractivity contribution in [2.45, 2.75) is 51.1 Å². The number of nitrogens with two attached hydrogens (primary N) is 1. The minimum atomic E-state index is -0.223. The van der Waals surface area contributed by atoms with Gasteiger partial charge in [-0.25, -0.2) is 4.39 Å². The Hall–Kier alpha value is -0.640. The minimum Gasteiger partial charge on any atom is -0.326 e. The van der Waals surface area contributed by atoms with E-state index in [1.165, 1.54) is 25.3 Å². The van der Waals surface area contributed by atoms with E-state index in [-0.39, 0.29) is 17.4 Å². The molecular weight excluding hydrogens is 275 g/mol. The van der Waals surface area contributed by atoms with Crippen LogP contribution in [0.4, 0.5) is 4.39 Å². The number of piperidine rings is 1. The summed E-state index contributed by atoms with van der Waals surface area (Å²) in [6, 6.07) is 4.55. The molecule has 1 aliphatic rings. The van der Waals surface area contributed by atoms with Crippen molar-refractivity contribution >= 4 is 11.6 Å². The molecule has 4 heteroatoms. The molecule has 20 heavy (non-hydrogen) atoms. The van der Waals surface area contributed by atoms with Gasteiger partial charge in [0.05, 0.1) is 0 Å². The Morgan fingerprint density at radius 3 is 2.60 bits per heavy atom. The first-order chi connectivity index (χ1) is 9.41. The Morgan fingerprint density at radius 2 is 1.95 bits per heavy atom. The van der Waals surface area contributed by atoms with Crippen LogP contribution in [0.3, 0.4) is 0 Å². The summed E-state index contributed by atoms with van der Waals surface area (Å²) in [5.74, 6) is -0.223. The molecule has 0 aromatic heterocycles. The molecule has 0 amide bonds.